The van der Waals surface area contributed by atoms with E-state index in [-0.39, 0.29) is 0 Å². The molecule has 0 aromatic heterocycles. The Morgan fingerprint density at radius 2 is 0.327 bits per heavy atom. The third-order valence-electron chi connectivity index (χ3n) is 20.1. The average Bonchev–Trinajstić information content (AvgIpc) is 0.740. The SMILES string of the molecule is c1cc(-c2ccc(-c3ccc4ccccc4c3)cc2)cc(-c2c3ccccc3c(-c3ccc(-c4cccc5ccccc45)cc3)c3ccccc23)c1.c1ccc2cc(-c3ccc(-c4c5ccccc5c(-c5ccc(-c6cccc7ccccc67)cc5)c5ccccc45)cc3)ccc2c1. The van der Waals surface area contributed by atoms with Crippen molar-refractivity contribution >= 4 is 86.2 Å². The molecule has 0 heterocycles. The molecule has 19 aromatic rings. The Bertz CT molecular complexity index is 6130. The van der Waals surface area contributed by atoms with E-state index in [4.69, 9.17) is 0 Å². The van der Waals surface area contributed by atoms with Crippen LogP contribution in [0.1, 0.15) is 0 Å². The van der Waals surface area contributed by atoms with E-state index in [1.807, 2.05) is 0 Å². The summed E-state index contributed by atoms with van der Waals surface area (Å²) in [7, 11) is 0. The summed E-state index contributed by atoms with van der Waals surface area (Å²) in [6, 6.07) is 142. The highest BCUT2D eigenvalue weighted by atomic mass is 14.2. The first-order chi connectivity index (χ1) is 48.6. The van der Waals surface area contributed by atoms with Gasteiger partial charge in [0, 0.05) is 0 Å². The number of benzene rings is 19. The predicted octanol–water partition coefficient (Wildman–Crippen LogP) is 27.6. The van der Waals surface area contributed by atoms with Crippen LogP contribution in [0.4, 0.5) is 0 Å². The Hall–Kier alpha value is -12.7. The minimum Gasteiger partial charge on any atom is -0.0616 e. The second-order valence-electron chi connectivity index (χ2n) is 25.7. The third kappa shape index (κ3) is 10.5. The van der Waals surface area contributed by atoms with Gasteiger partial charge in [-0.1, -0.05) is 370 Å². The summed E-state index contributed by atoms with van der Waals surface area (Å²) < 4.78 is 0. The molecule has 0 nitrogen and oxygen atoms in total. The molecule has 0 spiro atoms. The van der Waals surface area contributed by atoms with Gasteiger partial charge in [0.15, 0.2) is 0 Å². The smallest absolute Gasteiger partial charge is 0.00262 e. The maximum Gasteiger partial charge on any atom is -0.00262 e. The first-order valence-electron chi connectivity index (χ1n) is 33.9. The van der Waals surface area contributed by atoms with Crippen molar-refractivity contribution in [1.29, 1.82) is 0 Å². The van der Waals surface area contributed by atoms with Gasteiger partial charge >= 0.3 is 0 Å². The van der Waals surface area contributed by atoms with Crippen molar-refractivity contribution < 1.29 is 0 Å². The summed E-state index contributed by atoms with van der Waals surface area (Å²) in [4.78, 5) is 0. The van der Waals surface area contributed by atoms with Gasteiger partial charge in [0.1, 0.15) is 0 Å². The number of hydrogen-bond donors (Lipinski definition) is 0. The lowest BCUT2D eigenvalue weighted by Crippen LogP contribution is -1.91. The Morgan fingerprint density at radius 3 is 0.673 bits per heavy atom. The van der Waals surface area contributed by atoms with Gasteiger partial charge in [-0.25, -0.2) is 0 Å². The van der Waals surface area contributed by atoms with E-state index in [1.165, 1.54) is 186 Å². The van der Waals surface area contributed by atoms with E-state index < -0.39 is 0 Å². The molecule has 0 saturated heterocycles. The lowest BCUT2D eigenvalue weighted by atomic mass is 9.85. The highest BCUT2D eigenvalue weighted by Gasteiger charge is 2.20. The van der Waals surface area contributed by atoms with Crippen molar-refractivity contribution in [3.8, 4) is 100 Å². The molecule has 19 aromatic carbocycles. The minimum atomic E-state index is 1.21. The molecule has 0 saturated carbocycles. The van der Waals surface area contributed by atoms with E-state index in [0.29, 0.717) is 0 Å². The van der Waals surface area contributed by atoms with Crippen LogP contribution in [-0.4, -0.2) is 0 Å². The van der Waals surface area contributed by atoms with E-state index in [9.17, 15) is 0 Å². The molecule has 19 rings (SSSR count). The zero-order valence-corrected chi connectivity index (χ0v) is 54.0. The molecule has 456 valence electrons. The third-order valence-corrected chi connectivity index (χ3v) is 20.1. The van der Waals surface area contributed by atoms with Gasteiger partial charge in [0.2, 0.25) is 0 Å². The van der Waals surface area contributed by atoms with Crippen LogP contribution in [0.15, 0.2) is 388 Å². The number of fused-ring (bicyclic) bond motifs is 8. The van der Waals surface area contributed by atoms with E-state index in [2.05, 4.69) is 388 Å². The maximum atomic E-state index is 2.36. The van der Waals surface area contributed by atoms with Gasteiger partial charge in [-0.3, -0.25) is 0 Å². The average molecular weight is 1240 g/mol. The molecule has 0 aliphatic heterocycles. The van der Waals surface area contributed by atoms with E-state index >= 15 is 0 Å². The fourth-order valence-corrected chi connectivity index (χ4v) is 15.4. The van der Waals surface area contributed by atoms with Gasteiger partial charge in [0.05, 0.1) is 0 Å². The van der Waals surface area contributed by atoms with Crippen molar-refractivity contribution in [3.05, 3.63) is 388 Å². The Balaban J connectivity index is 0.000000143. The lowest BCUT2D eigenvalue weighted by Gasteiger charge is -2.18. The van der Waals surface area contributed by atoms with Crippen LogP contribution in [-0.2, 0) is 0 Å². The Kier molecular flexibility index (Phi) is 14.7. The standard InChI is InChI=1S/C52H34.C46H30/c1-2-13-41-33-43(32-27-35(41)11-1)37-25-23-36(24-26-37)42-15-9-16-44(34-42)52-49-20-7-5-18-47(49)51(48-19-6-8-21-50(48)52)40-30-28-39(29-31-40)46-22-10-14-38-12-3-4-17-45(38)46;1-2-12-37-30-38(29-22-31(37)10-1)32-20-25-35(26-21-32)45-41-15-5-7-17-43(41)46(44-18-8-6-16-42(44)45)36-27-23-34(24-28-36)40-19-9-13-33-11-3-4-14-39(33)40/h1-34H;1-30H. The van der Waals surface area contributed by atoms with Gasteiger partial charge < -0.3 is 0 Å². The molecular formula is C98H64. The minimum absolute atomic E-state index is 1.21. The normalized spacial score (nSPS) is 11.5. The van der Waals surface area contributed by atoms with Gasteiger partial charge in [-0.05, 0) is 205 Å². The molecule has 0 N–H and O–H groups in total. The Labute approximate surface area is 570 Å². The molecule has 0 radical (unpaired) electrons. The van der Waals surface area contributed by atoms with Crippen LogP contribution in [0.2, 0.25) is 0 Å². The molecule has 0 bridgehead atoms. The van der Waals surface area contributed by atoms with E-state index in [0.717, 1.165) is 0 Å². The molecule has 0 fully saturated rings. The summed E-state index contributed by atoms with van der Waals surface area (Å²) in [5.41, 5.74) is 22.4. The Morgan fingerprint density at radius 1 is 0.102 bits per heavy atom. The molecular weight excluding hydrogens is 1180 g/mol. The quantitative estimate of drug-likeness (QED) is 0.126. The van der Waals surface area contributed by atoms with Crippen LogP contribution < -0.4 is 0 Å². The molecule has 0 aliphatic rings. The van der Waals surface area contributed by atoms with Gasteiger partial charge in [-0.15, -0.1) is 0 Å². The van der Waals surface area contributed by atoms with Crippen LogP contribution in [0, 0.1) is 0 Å². The van der Waals surface area contributed by atoms with Gasteiger partial charge in [-0.2, -0.15) is 0 Å². The molecule has 0 amide bonds. The van der Waals surface area contributed by atoms with Crippen LogP contribution >= 0.6 is 0 Å². The predicted molar refractivity (Wildman–Crippen MR) is 422 cm³/mol. The van der Waals surface area contributed by atoms with E-state index in [1.54, 1.807) is 0 Å². The summed E-state index contributed by atoms with van der Waals surface area (Å²) in [5.74, 6) is 0. The van der Waals surface area contributed by atoms with Crippen molar-refractivity contribution in [2.75, 3.05) is 0 Å². The molecule has 98 heavy (non-hydrogen) atoms. The summed E-state index contributed by atoms with van der Waals surface area (Å²) in [6.45, 7) is 0. The van der Waals surface area contributed by atoms with Crippen molar-refractivity contribution in [2.45, 2.75) is 0 Å². The van der Waals surface area contributed by atoms with Gasteiger partial charge in [0.25, 0.3) is 0 Å². The zero-order chi connectivity index (χ0) is 64.9. The number of rotatable bonds is 9. The second kappa shape index (κ2) is 24.9. The highest BCUT2D eigenvalue weighted by Crippen LogP contribution is 2.47. The fraction of sp³-hybridized carbons (Fsp3) is 0. The van der Waals surface area contributed by atoms with Crippen LogP contribution in [0.3, 0.4) is 0 Å². The zero-order valence-electron chi connectivity index (χ0n) is 54.0. The molecule has 0 atom stereocenters. The fourth-order valence-electron chi connectivity index (χ4n) is 15.4. The topological polar surface area (TPSA) is 0 Å². The van der Waals surface area contributed by atoms with Crippen molar-refractivity contribution in [2.24, 2.45) is 0 Å². The molecule has 0 heteroatoms. The van der Waals surface area contributed by atoms with Crippen LogP contribution in [0.5, 0.6) is 0 Å². The second-order valence-corrected chi connectivity index (χ2v) is 25.7. The molecule has 0 aliphatic carbocycles. The van der Waals surface area contributed by atoms with Crippen molar-refractivity contribution in [3.63, 3.8) is 0 Å². The van der Waals surface area contributed by atoms with Crippen molar-refractivity contribution in [1.82, 2.24) is 0 Å². The highest BCUT2D eigenvalue weighted by molar-refractivity contribution is 6.23. The lowest BCUT2D eigenvalue weighted by molar-refractivity contribution is 1.59. The maximum absolute atomic E-state index is 2.36. The first kappa shape index (κ1) is 57.9. The summed E-state index contributed by atoms with van der Waals surface area (Å²) in [6.07, 6.45) is 0. The van der Waals surface area contributed by atoms with Crippen LogP contribution in [0.25, 0.3) is 186 Å². The first-order valence-corrected chi connectivity index (χ1v) is 33.9. The largest absolute Gasteiger partial charge is 0.0616 e. The summed E-state index contributed by atoms with van der Waals surface area (Å²) in [5, 5.41) is 20.3. The number of hydrogen-bond acceptors (Lipinski definition) is 0. The molecule has 0 unspecified atom stereocenters. The monoisotopic (exact) mass is 1240 g/mol. The summed E-state index contributed by atoms with van der Waals surface area (Å²) >= 11 is 0.